The van der Waals surface area contributed by atoms with Gasteiger partial charge in [0, 0.05) is 6.20 Å². The number of esters is 1. The number of benzene rings is 1. The van der Waals surface area contributed by atoms with Crippen molar-refractivity contribution in [1.29, 1.82) is 0 Å². The summed E-state index contributed by atoms with van der Waals surface area (Å²) in [6, 6.07) is 12.0. The highest BCUT2D eigenvalue weighted by Crippen LogP contribution is 2.10. The number of hydrogen-bond acceptors (Lipinski definition) is 5. The molecule has 0 fully saturated rings. The average molecular weight is 300 g/mol. The van der Waals surface area contributed by atoms with Crippen LogP contribution < -0.4 is 10.1 Å². The summed E-state index contributed by atoms with van der Waals surface area (Å²) >= 11 is 0. The predicted octanol–water partition coefficient (Wildman–Crippen LogP) is 2.28. The first kappa shape index (κ1) is 15.5. The molecule has 1 aromatic carbocycles. The molecular formula is C16H16N2O4. The summed E-state index contributed by atoms with van der Waals surface area (Å²) in [6.07, 6.45) is 1.43. The van der Waals surface area contributed by atoms with Crippen molar-refractivity contribution in [1.82, 2.24) is 4.98 Å². The van der Waals surface area contributed by atoms with E-state index in [-0.39, 0.29) is 24.9 Å². The van der Waals surface area contributed by atoms with Gasteiger partial charge in [0.2, 0.25) is 0 Å². The molecule has 0 saturated carbocycles. The van der Waals surface area contributed by atoms with Crippen molar-refractivity contribution >= 4 is 17.7 Å². The Morgan fingerprint density at radius 2 is 1.95 bits per heavy atom. The monoisotopic (exact) mass is 300 g/mol. The lowest BCUT2D eigenvalue weighted by atomic mass is 10.2. The third-order valence-electron chi connectivity index (χ3n) is 2.65. The zero-order valence-electron chi connectivity index (χ0n) is 12.1. The molecule has 1 aromatic heterocycles. The Hall–Kier alpha value is -2.89. The van der Waals surface area contributed by atoms with Crippen LogP contribution in [0.3, 0.4) is 0 Å². The normalized spacial score (nSPS) is 9.86. The number of para-hydroxylation sites is 1. The van der Waals surface area contributed by atoms with E-state index in [1.807, 2.05) is 18.2 Å². The molecule has 22 heavy (non-hydrogen) atoms. The van der Waals surface area contributed by atoms with Gasteiger partial charge >= 0.3 is 5.97 Å². The van der Waals surface area contributed by atoms with Crippen LogP contribution in [-0.4, -0.2) is 30.1 Å². The van der Waals surface area contributed by atoms with Crippen LogP contribution in [0, 0.1) is 0 Å². The van der Waals surface area contributed by atoms with Crippen LogP contribution in [0.1, 0.15) is 17.3 Å². The lowest BCUT2D eigenvalue weighted by molar-refractivity contribution is -0.118. The number of hydrogen-bond donors (Lipinski definition) is 1. The fourth-order valence-corrected chi connectivity index (χ4v) is 1.68. The maximum atomic E-state index is 11.8. The number of carbonyl (C=O) groups excluding carboxylic acids is 2. The van der Waals surface area contributed by atoms with Crippen LogP contribution in [0.2, 0.25) is 0 Å². The number of ether oxygens (including phenoxy) is 2. The molecule has 0 aliphatic carbocycles. The van der Waals surface area contributed by atoms with Crippen LogP contribution >= 0.6 is 0 Å². The summed E-state index contributed by atoms with van der Waals surface area (Å²) in [4.78, 5) is 27.4. The Morgan fingerprint density at radius 1 is 1.18 bits per heavy atom. The van der Waals surface area contributed by atoms with E-state index < -0.39 is 5.97 Å². The second kappa shape index (κ2) is 7.78. The quantitative estimate of drug-likeness (QED) is 0.828. The first-order chi connectivity index (χ1) is 10.7. The molecule has 1 amide bonds. The van der Waals surface area contributed by atoms with Crippen LogP contribution in [-0.2, 0) is 9.53 Å². The van der Waals surface area contributed by atoms with Crippen LogP contribution in [0.5, 0.6) is 5.75 Å². The molecule has 114 valence electrons. The Balaban J connectivity index is 1.91. The van der Waals surface area contributed by atoms with Crippen molar-refractivity contribution in [3.05, 3.63) is 54.2 Å². The van der Waals surface area contributed by atoms with Crippen LogP contribution in [0.15, 0.2) is 48.7 Å². The van der Waals surface area contributed by atoms with Crippen molar-refractivity contribution in [2.24, 2.45) is 0 Å². The number of nitrogens with zero attached hydrogens (tertiary/aromatic N) is 1. The van der Waals surface area contributed by atoms with Crippen molar-refractivity contribution in [3.8, 4) is 5.75 Å². The Labute approximate surface area is 128 Å². The van der Waals surface area contributed by atoms with Gasteiger partial charge in [-0.2, -0.15) is 0 Å². The minimum atomic E-state index is -0.457. The summed E-state index contributed by atoms with van der Waals surface area (Å²) < 4.78 is 10.2. The van der Waals surface area contributed by atoms with Gasteiger partial charge in [-0.05, 0) is 31.2 Å². The van der Waals surface area contributed by atoms with Gasteiger partial charge in [-0.1, -0.05) is 18.2 Å². The molecule has 0 radical (unpaired) electrons. The van der Waals surface area contributed by atoms with E-state index in [4.69, 9.17) is 9.47 Å². The number of nitrogens with one attached hydrogen (secondary N) is 1. The standard InChI is InChI=1S/C16H16N2O4/c1-2-21-16(20)12-8-9-17-14(10-12)18-15(19)11-22-13-6-4-3-5-7-13/h3-10H,2,11H2,1H3,(H,17,18,19). The summed E-state index contributed by atoms with van der Waals surface area (Å²) in [7, 11) is 0. The van der Waals surface area contributed by atoms with E-state index in [1.54, 1.807) is 19.1 Å². The van der Waals surface area contributed by atoms with Crippen LogP contribution in [0.4, 0.5) is 5.82 Å². The molecule has 1 N–H and O–H groups in total. The fourth-order valence-electron chi connectivity index (χ4n) is 1.68. The third-order valence-corrected chi connectivity index (χ3v) is 2.65. The van der Waals surface area contributed by atoms with Gasteiger partial charge in [-0.25, -0.2) is 9.78 Å². The number of amides is 1. The highest BCUT2D eigenvalue weighted by atomic mass is 16.5. The summed E-state index contributed by atoms with van der Waals surface area (Å²) in [6.45, 7) is 1.87. The molecule has 0 spiro atoms. The van der Waals surface area contributed by atoms with E-state index >= 15 is 0 Å². The van der Waals surface area contributed by atoms with Gasteiger partial charge in [0.25, 0.3) is 5.91 Å². The Bertz CT molecular complexity index is 644. The largest absolute Gasteiger partial charge is 0.484 e. The molecule has 0 unspecified atom stereocenters. The number of rotatable bonds is 6. The fraction of sp³-hybridized carbons (Fsp3) is 0.188. The molecule has 1 heterocycles. The highest BCUT2D eigenvalue weighted by molar-refractivity contribution is 5.94. The van der Waals surface area contributed by atoms with Gasteiger partial charge in [0.1, 0.15) is 11.6 Å². The van der Waals surface area contributed by atoms with Crippen molar-refractivity contribution < 1.29 is 19.1 Å². The predicted molar refractivity (Wildman–Crippen MR) is 80.8 cm³/mol. The number of anilines is 1. The van der Waals surface area contributed by atoms with Crippen molar-refractivity contribution in [3.63, 3.8) is 0 Å². The van der Waals surface area contributed by atoms with Crippen molar-refractivity contribution in [2.45, 2.75) is 6.92 Å². The van der Waals surface area contributed by atoms with Gasteiger partial charge in [0.05, 0.1) is 12.2 Å². The molecule has 0 aliphatic heterocycles. The van der Waals surface area contributed by atoms with Crippen LogP contribution in [0.25, 0.3) is 0 Å². The SMILES string of the molecule is CCOC(=O)c1ccnc(NC(=O)COc2ccccc2)c1. The number of aromatic nitrogens is 1. The molecule has 0 bridgehead atoms. The topological polar surface area (TPSA) is 77.5 Å². The van der Waals surface area contributed by atoms with E-state index in [0.29, 0.717) is 11.3 Å². The van der Waals surface area contributed by atoms with E-state index in [0.717, 1.165) is 0 Å². The van der Waals surface area contributed by atoms with Gasteiger partial charge in [0.15, 0.2) is 6.61 Å². The highest BCUT2D eigenvalue weighted by Gasteiger charge is 2.09. The molecule has 2 rings (SSSR count). The molecule has 6 nitrogen and oxygen atoms in total. The summed E-state index contributed by atoms with van der Waals surface area (Å²) in [5.41, 5.74) is 0.330. The number of carbonyl (C=O) groups is 2. The first-order valence-electron chi connectivity index (χ1n) is 6.80. The van der Waals surface area contributed by atoms with Gasteiger partial charge in [-0.15, -0.1) is 0 Å². The average Bonchev–Trinajstić information content (AvgIpc) is 2.54. The minimum absolute atomic E-state index is 0.144. The third kappa shape index (κ3) is 4.59. The Morgan fingerprint density at radius 3 is 2.68 bits per heavy atom. The molecule has 0 atom stereocenters. The van der Waals surface area contributed by atoms with Gasteiger partial charge < -0.3 is 14.8 Å². The Kier molecular flexibility index (Phi) is 5.48. The maximum Gasteiger partial charge on any atom is 0.338 e. The second-order valence-electron chi connectivity index (χ2n) is 4.30. The molecule has 6 heteroatoms. The lowest BCUT2D eigenvalue weighted by Gasteiger charge is -2.08. The summed E-state index contributed by atoms with van der Waals surface area (Å²) in [5, 5.41) is 2.57. The van der Waals surface area contributed by atoms with Crippen molar-refractivity contribution in [2.75, 3.05) is 18.5 Å². The lowest BCUT2D eigenvalue weighted by Crippen LogP contribution is -2.21. The van der Waals surface area contributed by atoms with E-state index in [1.165, 1.54) is 18.3 Å². The molecule has 0 saturated heterocycles. The molecular weight excluding hydrogens is 284 g/mol. The zero-order valence-corrected chi connectivity index (χ0v) is 12.1. The van der Waals surface area contributed by atoms with E-state index in [2.05, 4.69) is 10.3 Å². The zero-order chi connectivity index (χ0) is 15.8. The molecule has 0 aliphatic rings. The number of pyridine rings is 1. The van der Waals surface area contributed by atoms with E-state index in [9.17, 15) is 9.59 Å². The summed E-state index contributed by atoms with van der Waals surface area (Å²) in [5.74, 6) is 0.0522. The minimum Gasteiger partial charge on any atom is -0.484 e. The second-order valence-corrected chi connectivity index (χ2v) is 4.30. The first-order valence-corrected chi connectivity index (χ1v) is 6.80. The van der Waals surface area contributed by atoms with Gasteiger partial charge in [-0.3, -0.25) is 4.79 Å². The smallest absolute Gasteiger partial charge is 0.338 e. The molecule has 2 aromatic rings. The maximum absolute atomic E-state index is 11.8.